The van der Waals surface area contributed by atoms with Crippen LogP contribution >= 0.6 is 24.0 Å². The summed E-state index contributed by atoms with van der Waals surface area (Å²) in [6.07, 6.45) is 0. The van der Waals surface area contributed by atoms with E-state index in [2.05, 4.69) is 15.6 Å². The Morgan fingerprint density at radius 3 is 2.29 bits per heavy atom. The van der Waals surface area contributed by atoms with Crippen LogP contribution in [0.2, 0.25) is 0 Å². The number of nitrogens with zero attached hydrogens (tertiary/aromatic N) is 1. The highest BCUT2D eigenvalue weighted by molar-refractivity contribution is 14.0. The molecule has 2 aromatic rings. The molecule has 28 heavy (non-hydrogen) atoms. The fourth-order valence-electron chi connectivity index (χ4n) is 2.49. The number of ether oxygens (including phenoxy) is 2. The molecule has 2 aromatic carbocycles. The third-order valence-corrected chi connectivity index (χ3v) is 3.79. The lowest BCUT2D eigenvalue weighted by molar-refractivity contribution is 0.129. The third kappa shape index (κ3) is 7.46. The second kappa shape index (κ2) is 11.0. The van der Waals surface area contributed by atoms with Gasteiger partial charge >= 0.3 is 0 Å². The second-order valence-electron chi connectivity index (χ2n) is 7.10. The molecule has 0 aliphatic rings. The molecule has 0 fully saturated rings. The summed E-state index contributed by atoms with van der Waals surface area (Å²) in [5.74, 6) is 2.38. The summed E-state index contributed by atoms with van der Waals surface area (Å²) in [6.45, 7) is 7.06. The average molecular weight is 499 g/mol. The molecule has 0 heterocycles. The van der Waals surface area contributed by atoms with Gasteiger partial charge in [-0.05, 0) is 45.0 Å². The number of hydrogen-bond donors (Lipinski definition) is 3. The van der Waals surface area contributed by atoms with E-state index in [0.29, 0.717) is 24.8 Å². The lowest BCUT2D eigenvalue weighted by atomic mass is 10.1. The van der Waals surface area contributed by atoms with Gasteiger partial charge in [0.1, 0.15) is 22.8 Å². The van der Waals surface area contributed by atoms with Crippen LogP contribution in [0.25, 0.3) is 0 Å². The number of rotatable bonds is 6. The van der Waals surface area contributed by atoms with Crippen molar-refractivity contribution in [1.82, 2.24) is 10.6 Å². The number of aliphatic imine (C=N–C) groups is 1. The van der Waals surface area contributed by atoms with Crippen molar-refractivity contribution in [1.29, 1.82) is 0 Å². The number of halogens is 1. The number of para-hydroxylation sites is 1. The van der Waals surface area contributed by atoms with Crippen molar-refractivity contribution in [3.63, 3.8) is 0 Å². The zero-order valence-corrected chi connectivity index (χ0v) is 19.4. The van der Waals surface area contributed by atoms with Crippen molar-refractivity contribution < 1.29 is 14.6 Å². The van der Waals surface area contributed by atoms with Crippen molar-refractivity contribution in [2.24, 2.45) is 4.99 Å². The minimum Gasteiger partial charge on any atom is -0.508 e. The zero-order chi connectivity index (χ0) is 19.9. The first-order valence-corrected chi connectivity index (χ1v) is 8.89. The molecule has 0 radical (unpaired) electrons. The Morgan fingerprint density at radius 2 is 1.68 bits per heavy atom. The van der Waals surface area contributed by atoms with Gasteiger partial charge in [-0.25, -0.2) is 0 Å². The highest BCUT2D eigenvalue weighted by atomic mass is 127. The lowest BCUT2D eigenvalue weighted by Crippen LogP contribution is -2.36. The van der Waals surface area contributed by atoms with Gasteiger partial charge < -0.3 is 25.2 Å². The summed E-state index contributed by atoms with van der Waals surface area (Å²) >= 11 is 0. The number of aromatic hydroxyl groups is 1. The Hall–Kier alpha value is -2.16. The summed E-state index contributed by atoms with van der Waals surface area (Å²) in [7, 11) is 3.31. The Morgan fingerprint density at radius 1 is 1.04 bits per heavy atom. The molecular weight excluding hydrogens is 469 g/mol. The molecule has 0 spiro atoms. The summed E-state index contributed by atoms with van der Waals surface area (Å²) in [6, 6.07) is 13.1. The van der Waals surface area contributed by atoms with E-state index in [1.165, 1.54) is 0 Å². The molecule has 2 rings (SSSR count). The van der Waals surface area contributed by atoms with Crippen LogP contribution < -0.4 is 20.1 Å². The molecule has 6 nitrogen and oxygen atoms in total. The number of guanidine groups is 1. The topological polar surface area (TPSA) is 75.1 Å². The van der Waals surface area contributed by atoms with Gasteiger partial charge in [0.2, 0.25) is 0 Å². The maximum atomic E-state index is 10.00. The van der Waals surface area contributed by atoms with E-state index in [1.807, 2.05) is 45.0 Å². The molecule has 0 unspecified atom stereocenters. The molecule has 7 heteroatoms. The summed E-state index contributed by atoms with van der Waals surface area (Å²) < 4.78 is 11.2. The first-order chi connectivity index (χ1) is 12.8. The van der Waals surface area contributed by atoms with Crippen LogP contribution in [-0.4, -0.2) is 30.8 Å². The van der Waals surface area contributed by atoms with Crippen molar-refractivity contribution in [2.75, 3.05) is 14.2 Å². The van der Waals surface area contributed by atoms with Crippen molar-refractivity contribution >= 4 is 29.9 Å². The molecule has 0 saturated carbocycles. The summed E-state index contributed by atoms with van der Waals surface area (Å²) in [4.78, 5) is 4.24. The number of hydrogen-bond acceptors (Lipinski definition) is 4. The fourth-order valence-corrected chi connectivity index (χ4v) is 2.49. The monoisotopic (exact) mass is 499 g/mol. The quantitative estimate of drug-likeness (QED) is 0.318. The predicted molar refractivity (Wildman–Crippen MR) is 124 cm³/mol. The van der Waals surface area contributed by atoms with Crippen LogP contribution in [0, 0.1) is 0 Å². The molecule has 0 saturated heterocycles. The lowest BCUT2D eigenvalue weighted by Gasteiger charge is -2.23. The molecule has 0 atom stereocenters. The molecule has 0 bridgehead atoms. The van der Waals surface area contributed by atoms with Crippen LogP contribution in [0.1, 0.15) is 31.9 Å². The first-order valence-electron chi connectivity index (χ1n) is 8.89. The maximum Gasteiger partial charge on any atom is 0.191 e. The molecule has 0 amide bonds. The van der Waals surface area contributed by atoms with Crippen LogP contribution in [-0.2, 0) is 13.1 Å². The Balaban J connectivity index is 0.00000392. The van der Waals surface area contributed by atoms with Gasteiger partial charge in [0.05, 0.1) is 7.11 Å². The van der Waals surface area contributed by atoms with Crippen LogP contribution in [0.4, 0.5) is 0 Å². The largest absolute Gasteiger partial charge is 0.508 e. The van der Waals surface area contributed by atoms with Crippen molar-refractivity contribution in [3.8, 4) is 17.2 Å². The smallest absolute Gasteiger partial charge is 0.191 e. The Kier molecular flexibility index (Phi) is 9.37. The van der Waals surface area contributed by atoms with E-state index >= 15 is 0 Å². The van der Waals surface area contributed by atoms with E-state index in [1.54, 1.807) is 32.4 Å². The second-order valence-corrected chi connectivity index (χ2v) is 7.10. The number of benzene rings is 2. The molecule has 154 valence electrons. The molecule has 0 aliphatic heterocycles. The van der Waals surface area contributed by atoms with Gasteiger partial charge in [0.25, 0.3) is 0 Å². The number of nitrogens with one attached hydrogen (secondary N) is 2. The molecule has 3 N–H and O–H groups in total. The highest BCUT2D eigenvalue weighted by Crippen LogP contribution is 2.23. The van der Waals surface area contributed by atoms with E-state index in [-0.39, 0.29) is 35.3 Å². The highest BCUT2D eigenvalue weighted by Gasteiger charge is 2.14. The van der Waals surface area contributed by atoms with Gasteiger partial charge in [-0.3, -0.25) is 4.99 Å². The molecular formula is C21H30IN3O3. The van der Waals surface area contributed by atoms with Crippen LogP contribution in [0.15, 0.2) is 47.5 Å². The van der Waals surface area contributed by atoms with Crippen LogP contribution in [0.3, 0.4) is 0 Å². The molecule has 0 aliphatic carbocycles. The van der Waals surface area contributed by atoms with Crippen LogP contribution in [0.5, 0.6) is 17.2 Å². The summed E-state index contributed by atoms with van der Waals surface area (Å²) in [5, 5.41) is 16.5. The third-order valence-electron chi connectivity index (χ3n) is 3.79. The number of phenols is 1. The molecule has 0 aromatic heterocycles. The van der Waals surface area contributed by atoms with Gasteiger partial charge in [0.15, 0.2) is 5.96 Å². The van der Waals surface area contributed by atoms with Crippen molar-refractivity contribution in [3.05, 3.63) is 53.6 Å². The van der Waals surface area contributed by atoms with Crippen molar-refractivity contribution in [2.45, 2.75) is 39.5 Å². The van der Waals surface area contributed by atoms with Gasteiger partial charge in [0, 0.05) is 31.3 Å². The van der Waals surface area contributed by atoms with Gasteiger partial charge in [-0.1, -0.05) is 18.2 Å². The van der Waals surface area contributed by atoms with Gasteiger partial charge in [-0.15, -0.1) is 24.0 Å². The minimum absolute atomic E-state index is 0. The number of methoxy groups -OCH3 is 1. The summed E-state index contributed by atoms with van der Waals surface area (Å²) in [5.41, 5.74) is 1.51. The normalized spacial score (nSPS) is 11.4. The number of phenolic OH excluding ortho intramolecular Hbond substituents is 1. The maximum absolute atomic E-state index is 10.00. The zero-order valence-electron chi connectivity index (χ0n) is 17.1. The van der Waals surface area contributed by atoms with E-state index < -0.39 is 0 Å². The average Bonchev–Trinajstić information content (AvgIpc) is 2.63. The van der Waals surface area contributed by atoms with Gasteiger partial charge in [-0.2, -0.15) is 0 Å². The Bertz CT molecular complexity index is 789. The van der Waals surface area contributed by atoms with E-state index in [0.717, 1.165) is 16.9 Å². The standard InChI is InChI=1S/C21H29N3O3.HI/c1-21(2,3)27-19-9-7-6-8-15(19)13-23-20(22-4)24-14-16-12-17(26-5)10-11-18(16)25;/h6-12,25H,13-14H2,1-5H3,(H2,22,23,24);1H. The minimum atomic E-state index is -0.264. The van der Waals surface area contributed by atoms with E-state index in [4.69, 9.17) is 9.47 Å². The first kappa shape index (κ1) is 23.9. The predicted octanol–water partition coefficient (Wildman–Crippen LogP) is 4.06. The van der Waals surface area contributed by atoms with E-state index in [9.17, 15) is 5.11 Å². The Labute approximate surface area is 184 Å². The fraction of sp³-hybridized carbons (Fsp3) is 0.381. The SMILES string of the molecule is CN=C(NCc1cc(OC)ccc1O)NCc1ccccc1OC(C)(C)C.I.